The van der Waals surface area contributed by atoms with Crippen LogP contribution in [0.3, 0.4) is 0 Å². The second kappa shape index (κ2) is 8.09. The predicted octanol–water partition coefficient (Wildman–Crippen LogP) is 1.55. The van der Waals surface area contributed by atoms with E-state index >= 15 is 0 Å². The Morgan fingerprint density at radius 1 is 1.30 bits per heavy atom. The van der Waals surface area contributed by atoms with Crippen molar-refractivity contribution in [2.45, 2.75) is 39.7 Å². The van der Waals surface area contributed by atoms with E-state index < -0.39 is 5.97 Å². The fourth-order valence-corrected chi connectivity index (χ4v) is 2.44. The lowest BCUT2D eigenvalue weighted by atomic mass is 9.93. The topological polar surface area (TPSA) is 78.9 Å². The number of hydrogen-bond donors (Lipinski definition) is 2. The fraction of sp³-hybridized carbons (Fsp3) is 0.857. The molecule has 0 radical (unpaired) electrons. The fourth-order valence-electron chi connectivity index (χ4n) is 2.44. The maximum atomic E-state index is 12.2. The quantitative estimate of drug-likeness (QED) is 0.776. The molecule has 1 aliphatic heterocycles. The molecule has 0 spiro atoms. The molecule has 0 saturated carbocycles. The van der Waals surface area contributed by atoms with Crippen molar-refractivity contribution in [1.29, 1.82) is 0 Å². The average molecular weight is 286 g/mol. The first-order valence-electron chi connectivity index (χ1n) is 7.25. The van der Waals surface area contributed by atoms with Crippen molar-refractivity contribution >= 4 is 12.0 Å². The highest BCUT2D eigenvalue weighted by atomic mass is 16.5. The van der Waals surface area contributed by atoms with Crippen molar-refractivity contribution in [3.63, 3.8) is 0 Å². The molecule has 1 fully saturated rings. The van der Waals surface area contributed by atoms with Crippen LogP contribution in [0.25, 0.3) is 0 Å². The third-order valence-electron chi connectivity index (χ3n) is 3.52. The molecule has 20 heavy (non-hydrogen) atoms. The summed E-state index contributed by atoms with van der Waals surface area (Å²) in [6, 6.07) is -0.255. The number of nitrogens with zero attached hydrogens (tertiary/aromatic N) is 1. The highest BCUT2D eigenvalue weighted by Crippen LogP contribution is 2.18. The molecular weight excluding hydrogens is 260 g/mol. The summed E-state index contributed by atoms with van der Waals surface area (Å²) in [6.07, 6.45) is 1.87. The summed E-state index contributed by atoms with van der Waals surface area (Å²) in [7, 11) is 0. The summed E-state index contributed by atoms with van der Waals surface area (Å²) in [6.45, 7) is 7.55. The van der Waals surface area contributed by atoms with Gasteiger partial charge in [-0.15, -0.1) is 0 Å². The van der Waals surface area contributed by atoms with Gasteiger partial charge in [-0.2, -0.15) is 0 Å². The van der Waals surface area contributed by atoms with Gasteiger partial charge in [-0.25, -0.2) is 4.79 Å². The van der Waals surface area contributed by atoms with Gasteiger partial charge in [0, 0.05) is 25.8 Å². The zero-order valence-corrected chi connectivity index (χ0v) is 12.6. The Kier molecular flexibility index (Phi) is 6.78. The molecule has 0 aromatic rings. The van der Waals surface area contributed by atoms with Crippen molar-refractivity contribution in [2.75, 3.05) is 26.3 Å². The molecule has 6 nitrogen and oxygen atoms in total. The predicted molar refractivity (Wildman–Crippen MR) is 75.6 cm³/mol. The van der Waals surface area contributed by atoms with Gasteiger partial charge >= 0.3 is 12.0 Å². The van der Waals surface area contributed by atoms with Crippen molar-refractivity contribution < 1.29 is 19.4 Å². The smallest absolute Gasteiger partial charge is 0.323 e. The Morgan fingerprint density at radius 3 is 2.40 bits per heavy atom. The van der Waals surface area contributed by atoms with Crippen molar-refractivity contribution in [2.24, 2.45) is 11.8 Å². The highest BCUT2D eigenvalue weighted by molar-refractivity contribution is 5.80. The summed E-state index contributed by atoms with van der Waals surface area (Å²) < 4.78 is 5.31. The van der Waals surface area contributed by atoms with Crippen LogP contribution in [0, 0.1) is 11.8 Å². The Bertz CT molecular complexity index is 327. The maximum Gasteiger partial charge on any atom is 0.323 e. The van der Waals surface area contributed by atoms with E-state index in [-0.39, 0.29) is 24.5 Å². The van der Waals surface area contributed by atoms with E-state index in [9.17, 15) is 9.59 Å². The largest absolute Gasteiger partial charge is 0.480 e. The van der Waals surface area contributed by atoms with Crippen LogP contribution >= 0.6 is 0 Å². The van der Waals surface area contributed by atoms with Crippen LogP contribution < -0.4 is 5.32 Å². The summed E-state index contributed by atoms with van der Waals surface area (Å²) in [5.41, 5.74) is 0. The Morgan fingerprint density at radius 2 is 1.90 bits per heavy atom. The van der Waals surface area contributed by atoms with Crippen molar-refractivity contribution in [1.82, 2.24) is 10.2 Å². The van der Waals surface area contributed by atoms with Crippen molar-refractivity contribution in [3.05, 3.63) is 0 Å². The molecule has 1 atom stereocenters. The number of amides is 2. The van der Waals surface area contributed by atoms with Gasteiger partial charge in [0.25, 0.3) is 0 Å². The van der Waals surface area contributed by atoms with Gasteiger partial charge in [-0.05, 0) is 31.6 Å². The first-order valence-corrected chi connectivity index (χ1v) is 7.25. The second-order valence-corrected chi connectivity index (χ2v) is 5.86. The van der Waals surface area contributed by atoms with Gasteiger partial charge in [-0.1, -0.05) is 13.8 Å². The number of carbonyl (C=O) groups is 2. The number of carboxylic acids is 1. The molecule has 6 heteroatoms. The average Bonchev–Trinajstić information content (AvgIpc) is 2.37. The molecule has 1 saturated heterocycles. The minimum absolute atomic E-state index is 0.0369. The van der Waals surface area contributed by atoms with E-state index in [0.717, 1.165) is 26.1 Å². The van der Waals surface area contributed by atoms with Crippen molar-refractivity contribution in [3.8, 4) is 0 Å². The molecule has 1 rings (SSSR count). The third-order valence-corrected chi connectivity index (χ3v) is 3.52. The molecule has 2 N–H and O–H groups in total. The second-order valence-electron chi connectivity index (χ2n) is 5.86. The molecule has 0 bridgehead atoms. The molecule has 1 heterocycles. The van der Waals surface area contributed by atoms with Crippen LogP contribution in [0.15, 0.2) is 0 Å². The van der Waals surface area contributed by atoms with E-state index in [2.05, 4.69) is 5.32 Å². The lowest BCUT2D eigenvalue weighted by molar-refractivity contribution is -0.137. The van der Waals surface area contributed by atoms with Crippen LogP contribution in [-0.2, 0) is 9.53 Å². The van der Waals surface area contributed by atoms with Gasteiger partial charge in [0.05, 0.1) is 0 Å². The SMILES string of the molecule is CC(C)CN(CC(=O)O)C(=O)NC(C)C1CCOCC1. The number of aliphatic carboxylic acids is 1. The number of urea groups is 1. The lowest BCUT2D eigenvalue weighted by Gasteiger charge is -2.31. The summed E-state index contributed by atoms with van der Waals surface area (Å²) in [5.74, 6) is -0.351. The number of ether oxygens (including phenoxy) is 1. The number of rotatable bonds is 6. The summed E-state index contributed by atoms with van der Waals surface area (Å²) in [5, 5.41) is 11.8. The van der Waals surface area contributed by atoms with E-state index in [1.165, 1.54) is 4.90 Å². The van der Waals surface area contributed by atoms with E-state index in [0.29, 0.717) is 12.5 Å². The van der Waals surface area contributed by atoms with E-state index in [1.54, 1.807) is 0 Å². The minimum Gasteiger partial charge on any atom is -0.480 e. The molecule has 0 aromatic carbocycles. The Hall–Kier alpha value is -1.30. The van der Waals surface area contributed by atoms with Gasteiger partial charge in [-0.3, -0.25) is 4.79 Å². The molecular formula is C14H26N2O4. The Labute approximate surface area is 120 Å². The van der Waals surface area contributed by atoms with Gasteiger partial charge in [0.15, 0.2) is 0 Å². The van der Waals surface area contributed by atoms with Crippen LogP contribution in [-0.4, -0.2) is 54.4 Å². The zero-order chi connectivity index (χ0) is 15.1. The number of hydrogen-bond acceptors (Lipinski definition) is 3. The molecule has 116 valence electrons. The van der Waals surface area contributed by atoms with Crippen LogP contribution in [0.2, 0.25) is 0 Å². The number of carbonyl (C=O) groups excluding carboxylic acids is 1. The number of nitrogens with one attached hydrogen (secondary N) is 1. The van der Waals surface area contributed by atoms with Gasteiger partial charge < -0.3 is 20.1 Å². The maximum absolute atomic E-state index is 12.2. The van der Waals surface area contributed by atoms with E-state index in [4.69, 9.17) is 9.84 Å². The summed E-state index contributed by atoms with van der Waals surface area (Å²) in [4.78, 5) is 24.4. The molecule has 2 amide bonds. The Balaban J connectivity index is 2.52. The molecule has 0 aliphatic carbocycles. The first-order chi connectivity index (χ1) is 9.40. The first kappa shape index (κ1) is 16.8. The summed E-state index contributed by atoms with van der Waals surface area (Å²) >= 11 is 0. The highest BCUT2D eigenvalue weighted by Gasteiger charge is 2.25. The number of carboxylic acid groups (broad SMARTS) is 1. The zero-order valence-electron chi connectivity index (χ0n) is 12.6. The third kappa shape index (κ3) is 5.77. The molecule has 0 aromatic heterocycles. The van der Waals surface area contributed by atoms with Gasteiger partial charge in [0.2, 0.25) is 0 Å². The van der Waals surface area contributed by atoms with Gasteiger partial charge in [0.1, 0.15) is 6.54 Å². The minimum atomic E-state index is -0.987. The molecule has 1 unspecified atom stereocenters. The van der Waals surface area contributed by atoms with E-state index in [1.807, 2.05) is 20.8 Å². The normalized spacial score (nSPS) is 17.8. The lowest BCUT2D eigenvalue weighted by Crippen LogP contribution is -2.49. The molecule has 1 aliphatic rings. The van der Waals surface area contributed by atoms with Crippen LogP contribution in [0.4, 0.5) is 4.79 Å². The monoisotopic (exact) mass is 286 g/mol. The van der Waals surface area contributed by atoms with Crippen LogP contribution in [0.5, 0.6) is 0 Å². The standard InChI is InChI=1S/C14H26N2O4/c1-10(2)8-16(9-13(17)18)14(19)15-11(3)12-4-6-20-7-5-12/h10-12H,4-9H2,1-3H3,(H,15,19)(H,17,18). The van der Waals surface area contributed by atoms with Crippen LogP contribution in [0.1, 0.15) is 33.6 Å².